The first-order chi connectivity index (χ1) is 15.6. The second kappa shape index (κ2) is 8.03. The molecule has 0 fully saturated rings. The number of phenolic OH excluding ortho intramolecular Hbond substituents is 1. The molecule has 32 heavy (non-hydrogen) atoms. The molecule has 1 aromatic heterocycles. The van der Waals surface area contributed by atoms with E-state index in [9.17, 15) is 9.90 Å². The Morgan fingerprint density at radius 2 is 1.62 bits per heavy atom. The van der Waals surface area contributed by atoms with Crippen LogP contribution < -0.4 is 10.6 Å². The Morgan fingerprint density at radius 1 is 0.969 bits per heavy atom. The van der Waals surface area contributed by atoms with Crippen LogP contribution in [0, 0.1) is 0 Å². The Balaban J connectivity index is 1.63. The molecule has 0 saturated heterocycles. The van der Waals surface area contributed by atoms with E-state index in [2.05, 4.69) is 15.6 Å². The summed E-state index contributed by atoms with van der Waals surface area (Å²) in [6.45, 7) is 1.83. The van der Waals surface area contributed by atoms with Crippen molar-refractivity contribution in [2.75, 3.05) is 10.6 Å². The van der Waals surface area contributed by atoms with Gasteiger partial charge in [-0.05, 0) is 25.1 Å². The summed E-state index contributed by atoms with van der Waals surface area (Å²) in [4.78, 5) is 18.1. The predicted molar refractivity (Wildman–Crippen MR) is 123 cm³/mol. The van der Waals surface area contributed by atoms with Gasteiger partial charge < -0.3 is 15.7 Å². The second-order valence-corrected chi connectivity index (χ2v) is 7.51. The monoisotopic (exact) mass is 423 g/mol. The third-order valence-corrected chi connectivity index (χ3v) is 5.39. The minimum Gasteiger partial charge on any atom is -0.508 e. The summed E-state index contributed by atoms with van der Waals surface area (Å²) < 4.78 is 1.66. The van der Waals surface area contributed by atoms with Crippen LogP contribution in [0.15, 0.2) is 96.2 Å². The van der Waals surface area contributed by atoms with E-state index in [-0.39, 0.29) is 11.7 Å². The Labute approximate surface area is 185 Å². The Hall–Kier alpha value is -4.39. The van der Waals surface area contributed by atoms with Gasteiger partial charge in [0.05, 0.1) is 5.57 Å². The predicted octanol–water partition coefficient (Wildman–Crippen LogP) is 4.58. The molecule has 3 aromatic carbocycles. The zero-order valence-electron chi connectivity index (χ0n) is 17.4. The van der Waals surface area contributed by atoms with E-state index < -0.39 is 6.04 Å². The van der Waals surface area contributed by atoms with Crippen molar-refractivity contribution in [1.82, 2.24) is 14.8 Å². The highest BCUT2D eigenvalue weighted by molar-refractivity contribution is 6.06. The molecule has 7 heteroatoms. The number of rotatable bonds is 4. The summed E-state index contributed by atoms with van der Waals surface area (Å²) in [6, 6.07) is 25.2. The Kier molecular flexibility index (Phi) is 4.91. The van der Waals surface area contributed by atoms with Crippen molar-refractivity contribution in [3.8, 4) is 17.1 Å². The van der Waals surface area contributed by atoms with Gasteiger partial charge in [0.1, 0.15) is 11.8 Å². The fraction of sp³-hybridized carbons (Fsp3) is 0.0800. The first-order valence-electron chi connectivity index (χ1n) is 10.3. The third kappa shape index (κ3) is 3.50. The molecule has 1 aliphatic rings. The fourth-order valence-corrected chi connectivity index (χ4v) is 3.88. The van der Waals surface area contributed by atoms with E-state index >= 15 is 0 Å². The van der Waals surface area contributed by atoms with Crippen LogP contribution in [-0.2, 0) is 4.79 Å². The van der Waals surface area contributed by atoms with Crippen LogP contribution in [0.5, 0.6) is 5.75 Å². The van der Waals surface area contributed by atoms with E-state index in [1.54, 1.807) is 22.9 Å². The number of benzene rings is 3. The average Bonchev–Trinajstić information content (AvgIpc) is 3.23. The van der Waals surface area contributed by atoms with Crippen molar-refractivity contribution in [2.45, 2.75) is 13.0 Å². The maximum atomic E-state index is 13.4. The second-order valence-electron chi connectivity index (χ2n) is 7.51. The lowest BCUT2D eigenvalue weighted by atomic mass is 9.94. The number of para-hydroxylation sites is 2. The maximum Gasteiger partial charge on any atom is 0.255 e. The molecule has 3 N–H and O–H groups in total. The molecule has 0 aliphatic carbocycles. The number of amides is 1. The molecule has 0 unspecified atom stereocenters. The van der Waals surface area contributed by atoms with Crippen LogP contribution in [0.1, 0.15) is 18.5 Å². The summed E-state index contributed by atoms with van der Waals surface area (Å²) in [5.41, 5.74) is 3.21. The lowest BCUT2D eigenvalue weighted by molar-refractivity contribution is -0.113. The van der Waals surface area contributed by atoms with Gasteiger partial charge in [-0.3, -0.25) is 4.79 Å². The van der Waals surface area contributed by atoms with Crippen LogP contribution in [0.25, 0.3) is 11.4 Å². The third-order valence-electron chi connectivity index (χ3n) is 5.39. The van der Waals surface area contributed by atoms with Gasteiger partial charge in [0.2, 0.25) is 5.95 Å². The normalized spacial score (nSPS) is 15.1. The van der Waals surface area contributed by atoms with Gasteiger partial charge in [-0.25, -0.2) is 4.68 Å². The molecule has 1 amide bonds. The molecule has 4 aromatic rings. The van der Waals surface area contributed by atoms with Crippen molar-refractivity contribution in [1.29, 1.82) is 0 Å². The number of hydrogen-bond acceptors (Lipinski definition) is 5. The van der Waals surface area contributed by atoms with Crippen molar-refractivity contribution in [3.05, 3.63) is 102 Å². The molecule has 0 radical (unpaired) electrons. The molecule has 7 nitrogen and oxygen atoms in total. The molecule has 5 rings (SSSR count). The number of aromatic hydroxyl groups is 1. The SMILES string of the molecule is CC1=C(C(=O)Nc2ccccc2)[C@@H](c2ccccc2O)n2nc(-c3ccccc3)nc2N1. The van der Waals surface area contributed by atoms with Crippen LogP contribution in [0.4, 0.5) is 11.6 Å². The maximum absolute atomic E-state index is 13.4. The number of allylic oxidation sites excluding steroid dienone is 1. The molecule has 0 spiro atoms. The van der Waals surface area contributed by atoms with Crippen LogP contribution in [0.3, 0.4) is 0 Å². The quantitative estimate of drug-likeness (QED) is 0.447. The molecule has 2 heterocycles. The molecular formula is C25H21N5O2. The number of anilines is 2. The van der Waals surface area contributed by atoms with Gasteiger partial charge in [-0.2, -0.15) is 4.98 Å². The minimum atomic E-state index is -0.652. The Morgan fingerprint density at radius 3 is 2.34 bits per heavy atom. The summed E-state index contributed by atoms with van der Waals surface area (Å²) >= 11 is 0. The van der Waals surface area contributed by atoms with E-state index in [0.29, 0.717) is 34.3 Å². The lowest BCUT2D eigenvalue weighted by Gasteiger charge is -2.29. The zero-order chi connectivity index (χ0) is 22.1. The van der Waals surface area contributed by atoms with Crippen LogP contribution >= 0.6 is 0 Å². The molecule has 1 aliphatic heterocycles. The highest BCUT2D eigenvalue weighted by atomic mass is 16.3. The lowest BCUT2D eigenvalue weighted by Crippen LogP contribution is -2.31. The number of carbonyl (C=O) groups excluding carboxylic acids is 1. The number of fused-ring (bicyclic) bond motifs is 1. The summed E-state index contributed by atoms with van der Waals surface area (Å²) in [5.74, 6) is 0.841. The van der Waals surface area contributed by atoms with Gasteiger partial charge in [0.15, 0.2) is 5.82 Å². The number of carbonyl (C=O) groups is 1. The molecule has 0 bridgehead atoms. The van der Waals surface area contributed by atoms with Crippen molar-refractivity contribution < 1.29 is 9.90 Å². The molecular weight excluding hydrogens is 402 g/mol. The van der Waals surface area contributed by atoms with Gasteiger partial charge >= 0.3 is 0 Å². The summed E-state index contributed by atoms with van der Waals surface area (Å²) in [5, 5.41) is 21.5. The summed E-state index contributed by atoms with van der Waals surface area (Å²) in [6.07, 6.45) is 0. The first kappa shape index (κ1) is 19.6. The fourth-order valence-electron chi connectivity index (χ4n) is 3.88. The highest BCUT2D eigenvalue weighted by Gasteiger charge is 2.35. The number of aromatic nitrogens is 3. The minimum absolute atomic E-state index is 0.0833. The van der Waals surface area contributed by atoms with Gasteiger partial charge in [0.25, 0.3) is 5.91 Å². The first-order valence-corrected chi connectivity index (χ1v) is 10.3. The number of hydrogen-bond donors (Lipinski definition) is 3. The molecule has 158 valence electrons. The molecule has 0 saturated carbocycles. The zero-order valence-corrected chi connectivity index (χ0v) is 17.4. The number of nitrogens with zero attached hydrogens (tertiary/aromatic N) is 3. The van der Waals surface area contributed by atoms with Gasteiger partial charge in [-0.1, -0.05) is 66.7 Å². The number of phenols is 1. The smallest absolute Gasteiger partial charge is 0.255 e. The molecule has 1 atom stereocenters. The van der Waals surface area contributed by atoms with Gasteiger partial charge in [0, 0.05) is 22.5 Å². The number of nitrogens with one attached hydrogen (secondary N) is 2. The van der Waals surface area contributed by atoms with E-state index in [1.165, 1.54) is 0 Å². The van der Waals surface area contributed by atoms with Crippen LogP contribution in [0.2, 0.25) is 0 Å². The highest BCUT2D eigenvalue weighted by Crippen LogP contribution is 2.39. The van der Waals surface area contributed by atoms with E-state index in [1.807, 2.05) is 73.7 Å². The standard InChI is InChI=1S/C25H21N5O2/c1-16-21(24(32)27-18-12-6-3-7-13-18)22(19-14-8-9-15-20(19)31)30-25(26-16)28-23(29-30)17-10-4-2-5-11-17/h2-15,22,31H,1H3,(H,27,32)(H,26,28,29)/t22-/m1/s1. The average molecular weight is 423 g/mol. The topological polar surface area (TPSA) is 92.1 Å². The van der Waals surface area contributed by atoms with E-state index in [0.717, 1.165) is 5.56 Å². The Bertz CT molecular complexity index is 1310. The van der Waals surface area contributed by atoms with Crippen molar-refractivity contribution >= 4 is 17.5 Å². The van der Waals surface area contributed by atoms with Crippen molar-refractivity contribution in [3.63, 3.8) is 0 Å². The van der Waals surface area contributed by atoms with E-state index in [4.69, 9.17) is 5.10 Å². The summed E-state index contributed by atoms with van der Waals surface area (Å²) in [7, 11) is 0. The largest absolute Gasteiger partial charge is 0.508 e. The van der Waals surface area contributed by atoms with Gasteiger partial charge in [-0.15, -0.1) is 5.10 Å². The van der Waals surface area contributed by atoms with Crippen molar-refractivity contribution in [2.24, 2.45) is 0 Å². The van der Waals surface area contributed by atoms with Crippen LogP contribution in [-0.4, -0.2) is 25.8 Å².